The second kappa shape index (κ2) is 7.37. The van der Waals surface area contributed by atoms with E-state index in [1.54, 1.807) is 0 Å². The highest BCUT2D eigenvalue weighted by Gasteiger charge is 2.31. The fourth-order valence-corrected chi connectivity index (χ4v) is 2.33. The van der Waals surface area contributed by atoms with Crippen molar-refractivity contribution in [2.24, 2.45) is 5.73 Å². The Labute approximate surface area is 135 Å². The molecule has 5 nitrogen and oxygen atoms in total. The van der Waals surface area contributed by atoms with Crippen molar-refractivity contribution >= 4 is 23.2 Å². The molecule has 0 spiro atoms. The second-order valence-corrected chi connectivity index (χ2v) is 5.53. The molecule has 0 aliphatic carbocycles. The number of carbonyl (C=O) groups is 1. The second-order valence-electron chi connectivity index (χ2n) is 5.09. The zero-order valence-electron chi connectivity index (χ0n) is 12.0. The summed E-state index contributed by atoms with van der Waals surface area (Å²) in [6.07, 6.45) is -4.20. The Morgan fingerprint density at radius 3 is 2.78 bits per heavy atom. The van der Waals surface area contributed by atoms with Crippen LogP contribution in [0.25, 0.3) is 0 Å². The zero-order chi connectivity index (χ0) is 17.0. The van der Waals surface area contributed by atoms with Crippen LogP contribution in [-0.4, -0.2) is 37.4 Å². The molecule has 2 rings (SSSR count). The summed E-state index contributed by atoms with van der Waals surface area (Å²) in [6, 6.07) is 4.03. The van der Waals surface area contributed by atoms with Crippen LogP contribution in [0.2, 0.25) is 5.02 Å². The number of rotatable bonds is 5. The van der Waals surface area contributed by atoms with Crippen molar-refractivity contribution < 1.29 is 27.4 Å². The van der Waals surface area contributed by atoms with Gasteiger partial charge >= 0.3 is 6.18 Å². The molecule has 0 saturated carbocycles. The highest BCUT2D eigenvalue weighted by Crippen LogP contribution is 2.31. The summed E-state index contributed by atoms with van der Waals surface area (Å²) >= 11 is 5.76. The van der Waals surface area contributed by atoms with Gasteiger partial charge < -0.3 is 20.5 Å². The fraction of sp³-hybridized carbons (Fsp3) is 0.500. The molecule has 1 heterocycles. The molecule has 2 atom stereocenters. The van der Waals surface area contributed by atoms with Crippen LogP contribution in [0.4, 0.5) is 18.9 Å². The van der Waals surface area contributed by atoms with Gasteiger partial charge in [0.1, 0.15) is 11.9 Å². The molecule has 0 radical (unpaired) electrons. The van der Waals surface area contributed by atoms with Crippen LogP contribution in [0.5, 0.6) is 5.75 Å². The molecule has 0 unspecified atom stereocenters. The Hall–Kier alpha value is -1.51. The van der Waals surface area contributed by atoms with E-state index in [2.05, 4.69) is 5.32 Å². The lowest BCUT2D eigenvalue weighted by Crippen LogP contribution is -2.30. The van der Waals surface area contributed by atoms with Gasteiger partial charge in [-0.1, -0.05) is 11.6 Å². The first-order valence-electron chi connectivity index (χ1n) is 6.94. The third-order valence-electron chi connectivity index (χ3n) is 3.26. The Morgan fingerprint density at radius 2 is 2.17 bits per heavy atom. The Morgan fingerprint density at radius 1 is 1.43 bits per heavy atom. The van der Waals surface area contributed by atoms with Crippen molar-refractivity contribution in [2.45, 2.75) is 31.2 Å². The predicted molar refractivity (Wildman–Crippen MR) is 78.6 cm³/mol. The van der Waals surface area contributed by atoms with Gasteiger partial charge in [-0.25, -0.2) is 0 Å². The number of carbonyl (C=O) groups excluding carboxylic acids is 1. The number of hydrogen-bond donors (Lipinski definition) is 2. The van der Waals surface area contributed by atoms with E-state index in [4.69, 9.17) is 26.8 Å². The maximum absolute atomic E-state index is 12.3. The van der Waals surface area contributed by atoms with Crippen LogP contribution in [0.3, 0.4) is 0 Å². The largest absolute Gasteiger partial charge is 0.482 e. The number of alkyl halides is 3. The van der Waals surface area contributed by atoms with Crippen molar-refractivity contribution in [3.63, 3.8) is 0 Å². The van der Waals surface area contributed by atoms with Crippen LogP contribution in [0.15, 0.2) is 18.2 Å². The molecular formula is C14H16ClF3N2O3. The number of nitrogens with one attached hydrogen (secondary N) is 1. The first kappa shape index (κ1) is 17.8. The van der Waals surface area contributed by atoms with E-state index in [9.17, 15) is 18.0 Å². The zero-order valence-corrected chi connectivity index (χ0v) is 12.8. The third kappa shape index (κ3) is 5.26. The van der Waals surface area contributed by atoms with Crippen molar-refractivity contribution in [2.75, 3.05) is 18.5 Å². The third-order valence-corrected chi connectivity index (χ3v) is 3.49. The first-order chi connectivity index (χ1) is 10.8. The van der Waals surface area contributed by atoms with Gasteiger partial charge in [0.05, 0.1) is 11.8 Å². The molecular weight excluding hydrogens is 337 g/mol. The van der Waals surface area contributed by atoms with Gasteiger partial charge in [-0.15, -0.1) is 0 Å². The van der Waals surface area contributed by atoms with E-state index in [0.717, 1.165) is 0 Å². The number of nitrogens with two attached hydrogens (primary N) is 1. The Kier molecular flexibility index (Phi) is 5.72. The standard InChI is InChI=1S/C14H16ClF3N2O3/c15-8-1-3-10(12(5-8)22-7-14(16,17)18)20-13(21)11-4-2-9(6-19)23-11/h1,3,5,9,11H,2,4,6-7,19H2,(H,20,21)/t9-,11+/m1/s1. The quantitative estimate of drug-likeness (QED) is 0.854. The van der Waals surface area contributed by atoms with Gasteiger partial charge in [0.15, 0.2) is 6.61 Å². The highest BCUT2D eigenvalue weighted by atomic mass is 35.5. The molecule has 1 aliphatic heterocycles. The maximum atomic E-state index is 12.3. The van der Waals surface area contributed by atoms with Crippen LogP contribution in [-0.2, 0) is 9.53 Å². The molecule has 1 aromatic rings. The van der Waals surface area contributed by atoms with Crippen molar-refractivity contribution in [3.8, 4) is 5.75 Å². The average Bonchev–Trinajstić information content (AvgIpc) is 2.95. The molecule has 1 saturated heterocycles. The molecule has 1 amide bonds. The molecule has 0 bridgehead atoms. The van der Waals surface area contributed by atoms with Crippen molar-refractivity contribution in [1.29, 1.82) is 0 Å². The molecule has 1 aromatic carbocycles. The van der Waals surface area contributed by atoms with Crippen LogP contribution in [0.1, 0.15) is 12.8 Å². The van der Waals surface area contributed by atoms with E-state index in [-0.39, 0.29) is 22.6 Å². The van der Waals surface area contributed by atoms with Gasteiger partial charge in [0.2, 0.25) is 0 Å². The van der Waals surface area contributed by atoms with E-state index < -0.39 is 24.8 Å². The number of halogens is 4. The lowest BCUT2D eigenvalue weighted by Gasteiger charge is -2.16. The molecule has 1 fully saturated rings. The number of ether oxygens (including phenoxy) is 2. The topological polar surface area (TPSA) is 73.6 Å². The molecule has 9 heteroatoms. The summed E-state index contributed by atoms with van der Waals surface area (Å²) < 4.78 is 47.0. The summed E-state index contributed by atoms with van der Waals surface area (Å²) in [7, 11) is 0. The lowest BCUT2D eigenvalue weighted by molar-refractivity contribution is -0.153. The van der Waals surface area contributed by atoms with E-state index in [1.807, 2.05) is 0 Å². The SMILES string of the molecule is NC[C@H]1CC[C@@H](C(=O)Nc2ccc(Cl)cc2OCC(F)(F)F)O1. The minimum absolute atomic E-state index is 0.100. The summed E-state index contributed by atoms with van der Waals surface area (Å²) in [4.78, 5) is 12.1. The van der Waals surface area contributed by atoms with Crippen LogP contribution in [0, 0.1) is 0 Å². The lowest BCUT2D eigenvalue weighted by atomic mass is 10.2. The predicted octanol–water partition coefficient (Wildman–Crippen LogP) is 2.73. The summed E-state index contributed by atoms with van der Waals surface area (Å²) in [5, 5.41) is 2.70. The van der Waals surface area contributed by atoms with Crippen molar-refractivity contribution in [1.82, 2.24) is 0 Å². The summed E-state index contributed by atoms with van der Waals surface area (Å²) in [6.45, 7) is -1.17. The van der Waals surface area contributed by atoms with E-state index >= 15 is 0 Å². The fourth-order valence-electron chi connectivity index (χ4n) is 2.16. The highest BCUT2D eigenvalue weighted by molar-refractivity contribution is 6.30. The molecule has 0 aromatic heterocycles. The van der Waals surface area contributed by atoms with Gasteiger partial charge in [0, 0.05) is 17.6 Å². The van der Waals surface area contributed by atoms with E-state index in [0.29, 0.717) is 19.4 Å². The van der Waals surface area contributed by atoms with Crippen LogP contribution < -0.4 is 15.8 Å². The minimum Gasteiger partial charge on any atom is -0.482 e. The van der Waals surface area contributed by atoms with E-state index in [1.165, 1.54) is 18.2 Å². The number of amides is 1. The molecule has 3 N–H and O–H groups in total. The molecule has 128 valence electrons. The van der Waals surface area contributed by atoms with Crippen LogP contribution >= 0.6 is 11.6 Å². The normalized spacial score (nSPS) is 21.3. The van der Waals surface area contributed by atoms with Gasteiger partial charge in [-0.3, -0.25) is 4.79 Å². The first-order valence-corrected chi connectivity index (χ1v) is 7.32. The molecule has 23 heavy (non-hydrogen) atoms. The van der Waals surface area contributed by atoms with Gasteiger partial charge in [-0.05, 0) is 25.0 Å². The summed E-state index contributed by atoms with van der Waals surface area (Å²) in [5.74, 6) is -0.614. The Balaban J connectivity index is 2.05. The van der Waals surface area contributed by atoms with Gasteiger partial charge in [-0.2, -0.15) is 13.2 Å². The maximum Gasteiger partial charge on any atom is 0.422 e. The van der Waals surface area contributed by atoms with Crippen molar-refractivity contribution in [3.05, 3.63) is 23.2 Å². The Bertz CT molecular complexity index is 569. The smallest absolute Gasteiger partial charge is 0.422 e. The average molecular weight is 353 g/mol. The number of benzene rings is 1. The minimum atomic E-state index is -4.49. The summed E-state index contributed by atoms with van der Waals surface area (Å²) in [5.41, 5.74) is 5.57. The number of anilines is 1. The molecule has 1 aliphatic rings. The monoisotopic (exact) mass is 352 g/mol. The van der Waals surface area contributed by atoms with Gasteiger partial charge in [0.25, 0.3) is 5.91 Å². The number of hydrogen-bond acceptors (Lipinski definition) is 4.